The van der Waals surface area contributed by atoms with E-state index in [0.29, 0.717) is 28.5 Å². The first-order valence-electron chi connectivity index (χ1n) is 10.1. The molecule has 0 bridgehead atoms. The number of esters is 1. The number of carbonyl (C=O) groups excluding carboxylic acids is 2. The lowest BCUT2D eigenvalue weighted by atomic mass is 10.0. The van der Waals surface area contributed by atoms with Crippen LogP contribution in [0.2, 0.25) is 0 Å². The van der Waals surface area contributed by atoms with Gasteiger partial charge in [-0.25, -0.2) is 4.79 Å². The van der Waals surface area contributed by atoms with E-state index in [2.05, 4.69) is 26.0 Å². The molecule has 0 aliphatic carbocycles. The fraction of sp³-hybridized carbons (Fsp3) is 0.360. The molecule has 0 aromatic heterocycles. The second-order valence-electron chi connectivity index (χ2n) is 8.70. The van der Waals surface area contributed by atoms with Crippen LogP contribution in [0.25, 0.3) is 6.08 Å². The van der Waals surface area contributed by atoms with E-state index in [4.69, 9.17) is 14.2 Å². The summed E-state index contributed by atoms with van der Waals surface area (Å²) in [6.45, 7) is 11.3. The molecule has 5 heteroatoms. The number of benzene rings is 2. The minimum atomic E-state index is -0.573. The molecule has 0 fully saturated rings. The van der Waals surface area contributed by atoms with Crippen molar-refractivity contribution in [3.05, 3.63) is 64.4 Å². The number of fused-ring (bicyclic) bond motifs is 1. The van der Waals surface area contributed by atoms with Gasteiger partial charge in [0.05, 0.1) is 5.56 Å². The van der Waals surface area contributed by atoms with E-state index >= 15 is 0 Å². The summed E-state index contributed by atoms with van der Waals surface area (Å²) in [6.07, 6.45) is 1.74. The number of ether oxygens (including phenoxy) is 3. The summed E-state index contributed by atoms with van der Waals surface area (Å²) in [5.41, 5.74) is 2.72. The number of ketones is 1. The smallest absolute Gasteiger partial charge is 0.344 e. The highest BCUT2D eigenvalue weighted by atomic mass is 16.6. The second-order valence-corrected chi connectivity index (χ2v) is 8.70. The summed E-state index contributed by atoms with van der Waals surface area (Å²) in [7, 11) is 0. The molecule has 158 valence electrons. The van der Waals surface area contributed by atoms with Crippen LogP contribution >= 0.6 is 0 Å². The highest BCUT2D eigenvalue weighted by molar-refractivity contribution is 6.15. The summed E-state index contributed by atoms with van der Waals surface area (Å²) in [5.74, 6) is 1.04. The fourth-order valence-electron chi connectivity index (χ4n) is 3.16. The van der Waals surface area contributed by atoms with Crippen LogP contribution in [0.3, 0.4) is 0 Å². The maximum atomic E-state index is 12.8. The van der Waals surface area contributed by atoms with Crippen LogP contribution < -0.4 is 9.47 Å². The van der Waals surface area contributed by atoms with Crippen LogP contribution in [-0.2, 0) is 9.53 Å². The average Bonchev–Trinajstić information content (AvgIpc) is 2.97. The summed E-state index contributed by atoms with van der Waals surface area (Å²) in [4.78, 5) is 24.7. The van der Waals surface area contributed by atoms with Gasteiger partial charge in [-0.05, 0) is 62.9 Å². The molecule has 2 aromatic rings. The van der Waals surface area contributed by atoms with Crippen LogP contribution in [0.5, 0.6) is 11.5 Å². The Balaban J connectivity index is 1.76. The third-order valence-electron chi connectivity index (χ3n) is 4.70. The maximum absolute atomic E-state index is 12.8. The van der Waals surface area contributed by atoms with Crippen molar-refractivity contribution in [2.24, 2.45) is 0 Å². The van der Waals surface area contributed by atoms with Crippen molar-refractivity contribution in [1.82, 2.24) is 0 Å². The number of hydrogen-bond acceptors (Lipinski definition) is 5. The lowest BCUT2D eigenvalue weighted by molar-refractivity contribution is -0.157. The van der Waals surface area contributed by atoms with Crippen LogP contribution in [0, 0.1) is 6.92 Å². The Morgan fingerprint density at radius 3 is 2.37 bits per heavy atom. The van der Waals surface area contributed by atoms with E-state index in [1.807, 2.05) is 12.1 Å². The van der Waals surface area contributed by atoms with Crippen LogP contribution in [0.4, 0.5) is 0 Å². The predicted molar refractivity (Wildman–Crippen MR) is 116 cm³/mol. The Kier molecular flexibility index (Phi) is 6.01. The van der Waals surface area contributed by atoms with Gasteiger partial charge in [0.1, 0.15) is 17.1 Å². The van der Waals surface area contributed by atoms with E-state index in [1.165, 1.54) is 5.56 Å². The molecule has 5 nitrogen and oxygen atoms in total. The normalized spacial score (nSPS) is 14.6. The number of allylic oxidation sites excluding steroid dienone is 1. The quantitative estimate of drug-likeness (QED) is 0.486. The van der Waals surface area contributed by atoms with E-state index in [-0.39, 0.29) is 18.1 Å². The first-order valence-corrected chi connectivity index (χ1v) is 10.1. The van der Waals surface area contributed by atoms with E-state index in [9.17, 15) is 9.59 Å². The Labute approximate surface area is 177 Å². The molecule has 30 heavy (non-hydrogen) atoms. The van der Waals surface area contributed by atoms with E-state index < -0.39 is 11.6 Å². The zero-order chi connectivity index (χ0) is 22.1. The average molecular weight is 408 g/mol. The lowest BCUT2D eigenvalue weighted by Gasteiger charge is -2.19. The van der Waals surface area contributed by atoms with Crippen molar-refractivity contribution in [1.29, 1.82) is 0 Å². The van der Waals surface area contributed by atoms with Gasteiger partial charge < -0.3 is 14.2 Å². The Bertz CT molecular complexity index is 991. The van der Waals surface area contributed by atoms with Gasteiger partial charge in [0, 0.05) is 5.56 Å². The van der Waals surface area contributed by atoms with Crippen molar-refractivity contribution in [2.45, 2.75) is 53.1 Å². The van der Waals surface area contributed by atoms with Crippen molar-refractivity contribution >= 4 is 17.8 Å². The van der Waals surface area contributed by atoms with Crippen molar-refractivity contribution < 1.29 is 23.8 Å². The molecule has 1 aliphatic rings. The van der Waals surface area contributed by atoms with Gasteiger partial charge in [0.25, 0.3) is 0 Å². The Morgan fingerprint density at radius 2 is 1.77 bits per heavy atom. The Hall–Kier alpha value is -3.08. The van der Waals surface area contributed by atoms with Gasteiger partial charge in [0.2, 0.25) is 5.78 Å². The molecule has 2 aromatic carbocycles. The molecule has 1 heterocycles. The highest BCUT2D eigenvalue weighted by Crippen LogP contribution is 2.39. The summed E-state index contributed by atoms with van der Waals surface area (Å²) in [5, 5.41) is 0. The molecular formula is C25H28O5. The summed E-state index contributed by atoms with van der Waals surface area (Å²) < 4.78 is 16.7. The maximum Gasteiger partial charge on any atom is 0.344 e. The van der Waals surface area contributed by atoms with Gasteiger partial charge in [-0.15, -0.1) is 0 Å². The predicted octanol–water partition coefficient (Wildman–Crippen LogP) is 5.46. The Morgan fingerprint density at radius 1 is 1.10 bits per heavy atom. The third kappa shape index (κ3) is 4.90. The molecule has 0 N–H and O–H groups in total. The molecule has 0 unspecified atom stereocenters. The molecule has 0 radical (unpaired) electrons. The van der Waals surface area contributed by atoms with E-state index in [1.54, 1.807) is 45.9 Å². The largest absolute Gasteiger partial charge is 0.481 e. The SMILES string of the molecule is Cc1c(OCC(=O)OC(C)(C)C)ccc2c1O/C(=C\c1ccc(C(C)C)cc1)C2=O. The third-order valence-corrected chi connectivity index (χ3v) is 4.70. The topological polar surface area (TPSA) is 61.8 Å². The van der Waals surface area contributed by atoms with Crippen molar-refractivity contribution in [3.63, 3.8) is 0 Å². The molecule has 0 atom stereocenters. The van der Waals surface area contributed by atoms with E-state index in [0.717, 1.165) is 5.56 Å². The minimum absolute atomic E-state index is 0.167. The van der Waals surface area contributed by atoms with Gasteiger partial charge >= 0.3 is 5.97 Å². The number of rotatable bonds is 5. The standard InChI is InChI=1S/C25H28O5/c1-15(2)18-9-7-17(8-10-18)13-21-23(27)19-11-12-20(16(3)24(19)29-21)28-14-22(26)30-25(4,5)6/h7-13,15H,14H2,1-6H3/b21-13-. The highest BCUT2D eigenvalue weighted by Gasteiger charge is 2.30. The molecule has 0 saturated carbocycles. The first kappa shape index (κ1) is 21.6. The van der Waals surface area contributed by atoms with Gasteiger partial charge in [0.15, 0.2) is 12.4 Å². The number of Topliss-reactive ketones (excluding diaryl/α,β-unsaturated/α-hetero) is 1. The molecule has 0 spiro atoms. The van der Waals surface area contributed by atoms with Gasteiger partial charge in [-0.3, -0.25) is 4.79 Å². The van der Waals surface area contributed by atoms with Crippen molar-refractivity contribution in [2.75, 3.05) is 6.61 Å². The van der Waals surface area contributed by atoms with Crippen LogP contribution in [0.15, 0.2) is 42.2 Å². The zero-order valence-electron chi connectivity index (χ0n) is 18.4. The molecule has 0 amide bonds. The number of hydrogen-bond donors (Lipinski definition) is 0. The monoisotopic (exact) mass is 408 g/mol. The minimum Gasteiger partial charge on any atom is -0.481 e. The van der Waals surface area contributed by atoms with Crippen LogP contribution in [0.1, 0.15) is 67.6 Å². The molecular weight excluding hydrogens is 380 g/mol. The fourth-order valence-corrected chi connectivity index (χ4v) is 3.16. The van der Waals surface area contributed by atoms with Gasteiger partial charge in [-0.1, -0.05) is 38.1 Å². The number of carbonyl (C=O) groups is 2. The lowest BCUT2D eigenvalue weighted by Crippen LogP contribution is -2.27. The van der Waals surface area contributed by atoms with Crippen molar-refractivity contribution in [3.8, 4) is 11.5 Å². The van der Waals surface area contributed by atoms with Crippen LogP contribution in [-0.4, -0.2) is 24.0 Å². The first-order chi connectivity index (χ1) is 14.0. The molecule has 0 saturated heterocycles. The molecule has 1 aliphatic heterocycles. The molecule has 3 rings (SSSR count). The summed E-state index contributed by atoms with van der Waals surface area (Å²) in [6, 6.07) is 11.4. The second kappa shape index (κ2) is 8.34. The summed E-state index contributed by atoms with van der Waals surface area (Å²) >= 11 is 0. The zero-order valence-corrected chi connectivity index (χ0v) is 18.4. The van der Waals surface area contributed by atoms with Gasteiger partial charge in [-0.2, -0.15) is 0 Å².